The van der Waals surface area contributed by atoms with Crippen molar-refractivity contribution in [1.29, 1.82) is 0 Å². The molecule has 0 spiro atoms. The molecule has 7 heteroatoms. The van der Waals surface area contributed by atoms with Crippen molar-refractivity contribution in [2.45, 2.75) is 43.1 Å². The molecule has 1 aromatic carbocycles. The lowest BCUT2D eigenvalue weighted by atomic mass is 10.1. The number of nitrogens with zero attached hydrogens (tertiary/aromatic N) is 1. The summed E-state index contributed by atoms with van der Waals surface area (Å²) in [6, 6.07) is 8.81. The number of aromatic nitrogens is 1. The van der Waals surface area contributed by atoms with E-state index in [2.05, 4.69) is 23.8 Å². The van der Waals surface area contributed by atoms with E-state index in [0.717, 1.165) is 42.7 Å². The van der Waals surface area contributed by atoms with Crippen LogP contribution in [-0.2, 0) is 11.9 Å². The van der Waals surface area contributed by atoms with Gasteiger partial charge in [-0.1, -0.05) is 32.1 Å². The SMILES string of the molecule is C=C(CCCC)Nc1ccc(SCc2ccc(C(F)(F)F)cc2)nc1N. The molecule has 0 aliphatic rings. The minimum Gasteiger partial charge on any atom is -0.382 e. The van der Waals surface area contributed by atoms with Gasteiger partial charge in [-0.25, -0.2) is 4.98 Å². The monoisotopic (exact) mass is 381 g/mol. The molecular weight excluding hydrogens is 359 g/mol. The van der Waals surface area contributed by atoms with Gasteiger partial charge in [0.15, 0.2) is 0 Å². The lowest BCUT2D eigenvalue weighted by Crippen LogP contribution is -2.04. The maximum Gasteiger partial charge on any atom is 0.416 e. The lowest BCUT2D eigenvalue weighted by Gasteiger charge is -2.12. The zero-order valence-electron chi connectivity index (χ0n) is 14.6. The molecule has 140 valence electrons. The van der Waals surface area contributed by atoms with Gasteiger partial charge in [0.05, 0.1) is 16.3 Å². The van der Waals surface area contributed by atoms with Crippen LogP contribution in [0.2, 0.25) is 0 Å². The second-order valence-corrected chi connectivity index (χ2v) is 6.89. The number of alkyl halides is 3. The largest absolute Gasteiger partial charge is 0.416 e. The van der Waals surface area contributed by atoms with Crippen molar-refractivity contribution in [3.05, 3.63) is 59.8 Å². The van der Waals surface area contributed by atoms with Crippen LogP contribution in [0.25, 0.3) is 0 Å². The van der Waals surface area contributed by atoms with Crippen molar-refractivity contribution in [1.82, 2.24) is 4.98 Å². The summed E-state index contributed by atoms with van der Waals surface area (Å²) in [6.07, 6.45) is -1.29. The molecule has 0 fully saturated rings. The number of nitrogens with two attached hydrogens (primary N) is 1. The second-order valence-electron chi connectivity index (χ2n) is 5.90. The van der Waals surface area contributed by atoms with Crippen molar-refractivity contribution < 1.29 is 13.2 Å². The number of thioether (sulfide) groups is 1. The molecule has 0 atom stereocenters. The van der Waals surface area contributed by atoms with Crippen molar-refractivity contribution in [3.8, 4) is 0 Å². The number of hydrogen-bond acceptors (Lipinski definition) is 4. The Bertz CT molecular complexity index is 743. The molecule has 1 heterocycles. The molecule has 3 N–H and O–H groups in total. The number of anilines is 2. The van der Waals surface area contributed by atoms with Gasteiger partial charge >= 0.3 is 6.18 Å². The topological polar surface area (TPSA) is 50.9 Å². The van der Waals surface area contributed by atoms with E-state index in [4.69, 9.17) is 5.73 Å². The fourth-order valence-corrected chi connectivity index (χ4v) is 3.07. The number of pyridine rings is 1. The summed E-state index contributed by atoms with van der Waals surface area (Å²) in [7, 11) is 0. The second kappa shape index (κ2) is 8.98. The number of unbranched alkanes of at least 4 members (excludes halogenated alkanes) is 1. The number of rotatable bonds is 8. The van der Waals surface area contributed by atoms with Gasteiger partial charge in [-0.2, -0.15) is 13.2 Å². The molecule has 0 saturated carbocycles. The van der Waals surface area contributed by atoms with Crippen molar-refractivity contribution in [3.63, 3.8) is 0 Å². The Kier molecular flexibility index (Phi) is 6.97. The van der Waals surface area contributed by atoms with Crippen LogP contribution in [0.5, 0.6) is 0 Å². The maximum absolute atomic E-state index is 12.6. The van der Waals surface area contributed by atoms with Gasteiger partial charge in [-0.3, -0.25) is 0 Å². The van der Waals surface area contributed by atoms with Crippen LogP contribution in [0.1, 0.15) is 37.3 Å². The van der Waals surface area contributed by atoms with E-state index in [1.165, 1.54) is 23.9 Å². The molecule has 0 radical (unpaired) electrons. The van der Waals surface area contributed by atoms with Crippen LogP contribution in [0.4, 0.5) is 24.7 Å². The van der Waals surface area contributed by atoms with Crippen LogP contribution in [0.3, 0.4) is 0 Å². The van der Waals surface area contributed by atoms with Gasteiger partial charge in [0.1, 0.15) is 5.82 Å². The Morgan fingerprint density at radius 1 is 1.19 bits per heavy atom. The average Bonchev–Trinajstić information content (AvgIpc) is 2.60. The van der Waals surface area contributed by atoms with Gasteiger partial charge in [0.25, 0.3) is 0 Å². The predicted octanol–water partition coefficient (Wildman–Crippen LogP) is 6.09. The Morgan fingerprint density at radius 2 is 1.88 bits per heavy atom. The molecule has 0 saturated heterocycles. The summed E-state index contributed by atoms with van der Waals surface area (Å²) < 4.78 is 37.7. The highest BCUT2D eigenvalue weighted by atomic mass is 32.2. The summed E-state index contributed by atoms with van der Waals surface area (Å²) in [5.74, 6) is 0.890. The zero-order valence-corrected chi connectivity index (χ0v) is 15.4. The fraction of sp³-hybridized carbons (Fsp3) is 0.316. The first-order chi connectivity index (χ1) is 12.3. The van der Waals surface area contributed by atoms with Crippen molar-refractivity contribution in [2.24, 2.45) is 0 Å². The Labute approximate surface area is 155 Å². The van der Waals surface area contributed by atoms with Crippen LogP contribution in [0.15, 0.2) is 53.7 Å². The minimum atomic E-state index is -4.31. The third-order valence-electron chi connectivity index (χ3n) is 3.71. The Hall–Kier alpha value is -2.15. The summed E-state index contributed by atoms with van der Waals surface area (Å²) >= 11 is 1.42. The lowest BCUT2D eigenvalue weighted by molar-refractivity contribution is -0.137. The average molecular weight is 381 g/mol. The van der Waals surface area contributed by atoms with Crippen molar-refractivity contribution >= 4 is 23.3 Å². The van der Waals surface area contributed by atoms with Crippen LogP contribution < -0.4 is 11.1 Å². The first kappa shape index (κ1) is 20.2. The smallest absolute Gasteiger partial charge is 0.382 e. The minimum absolute atomic E-state index is 0.375. The van der Waals surface area contributed by atoms with Gasteiger partial charge in [0, 0.05) is 11.4 Å². The Balaban J connectivity index is 1.94. The number of benzene rings is 1. The number of nitrogen functional groups attached to an aromatic ring is 1. The molecule has 0 aliphatic heterocycles. The number of hydrogen-bond donors (Lipinski definition) is 2. The van der Waals surface area contributed by atoms with E-state index in [-0.39, 0.29) is 0 Å². The molecule has 2 rings (SSSR count). The van der Waals surface area contributed by atoms with Gasteiger partial charge in [-0.05, 0) is 42.7 Å². The first-order valence-electron chi connectivity index (χ1n) is 8.30. The van der Waals surface area contributed by atoms with Gasteiger partial charge < -0.3 is 11.1 Å². The highest BCUT2D eigenvalue weighted by Crippen LogP contribution is 2.31. The first-order valence-corrected chi connectivity index (χ1v) is 9.28. The van der Waals surface area contributed by atoms with Gasteiger partial charge in [0.2, 0.25) is 0 Å². The molecule has 1 aromatic heterocycles. The highest BCUT2D eigenvalue weighted by molar-refractivity contribution is 7.98. The molecule has 0 amide bonds. The van der Waals surface area contributed by atoms with E-state index in [1.807, 2.05) is 12.1 Å². The fourth-order valence-electron chi connectivity index (χ4n) is 2.23. The number of halogens is 3. The quantitative estimate of drug-likeness (QED) is 0.543. The maximum atomic E-state index is 12.6. The zero-order chi connectivity index (χ0) is 19.2. The third kappa shape index (κ3) is 5.98. The van der Waals surface area contributed by atoms with Gasteiger partial charge in [-0.15, -0.1) is 11.8 Å². The highest BCUT2D eigenvalue weighted by Gasteiger charge is 2.29. The molecular formula is C19H22F3N3S. The van der Waals surface area contributed by atoms with E-state index < -0.39 is 11.7 Å². The van der Waals surface area contributed by atoms with E-state index in [9.17, 15) is 13.2 Å². The number of nitrogens with one attached hydrogen (secondary N) is 1. The standard InChI is InChI=1S/C19H22F3N3S/c1-3-4-5-13(2)24-16-10-11-17(25-18(16)23)26-12-14-6-8-15(9-7-14)19(20,21)22/h6-11,24H,2-5,12H2,1H3,(H2,23,25). The van der Waals surface area contributed by atoms with Crippen LogP contribution in [0, 0.1) is 0 Å². The normalized spacial score (nSPS) is 11.4. The van der Waals surface area contributed by atoms with E-state index in [0.29, 0.717) is 22.3 Å². The van der Waals surface area contributed by atoms with Crippen LogP contribution in [-0.4, -0.2) is 4.98 Å². The summed E-state index contributed by atoms with van der Waals surface area (Å²) in [6.45, 7) is 6.09. The predicted molar refractivity (Wildman–Crippen MR) is 102 cm³/mol. The summed E-state index contributed by atoms with van der Waals surface area (Å²) in [5, 5.41) is 3.88. The van der Waals surface area contributed by atoms with E-state index in [1.54, 1.807) is 0 Å². The summed E-state index contributed by atoms with van der Waals surface area (Å²) in [5.41, 5.74) is 7.73. The molecule has 0 bridgehead atoms. The Morgan fingerprint density at radius 3 is 2.46 bits per heavy atom. The number of allylic oxidation sites excluding steroid dienone is 1. The van der Waals surface area contributed by atoms with Crippen LogP contribution >= 0.6 is 11.8 Å². The molecule has 3 nitrogen and oxygen atoms in total. The third-order valence-corrected chi connectivity index (χ3v) is 4.71. The molecule has 0 aliphatic carbocycles. The molecule has 0 unspecified atom stereocenters. The summed E-state index contributed by atoms with van der Waals surface area (Å²) in [4.78, 5) is 4.34. The molecule has 26 heavy (non-hydrogen) atoms. The molecule has 2 aromatic rings. The van der Waals surface area contributed by atoms with E-state index >= 15 is 0 Å². The van der Waals surface area contributed by atoms with Crippen molar-refractivity contribution in [2.75, 3.05) is 11.1 Å².